The zero-order valence-corrected chi connectivity index (χ0v) is 18.7. The van der Waals surface area contributed by atoms with Crippen molar-refractivity contribution in [3.8, 4) is 0 Å². The summed E-state index contributed by atoms with van der Waals surface area (Å²) in [6, 6.07) is 8.13. The molecule has 1 N–H and O–H groups in total. The van der Waals surface area contributed by atoms with Gasteiger partial charge < -0.3 is 19.9 Å². The molecule has 0 saturated carbocycles. The molecule has 1 fully saturated rings. The van der Waals surface area contributed by atoms with Crippen LogP contribution in [0.5, 0.6) is 0 Å². The second-order valence-corrected chi connectivity index (χ2v) is 8.72. The van der Waals surface area contributed by atoms with Gasteiger partial charge in [0, 0.05) is 45.6 Å². The van der Waals surface area contributed by atoms with Gasteiger partial charge in [0.1, 0.15) is 5.60 Å². The molecule has 2 rings (SSSR count). The number of nitrogens with zero attached hydrogens (tertiary/aromatic N) is 2. The van der Waals surface area contributed by atoms with E-state index in [-0.39, 0.29) is 24.8 Å². The van der Waals surface area contributed by atoms with Gasteiger partial charge in [-0.25, -0.2) is 4.79 Å². The molecule has 0 aromatic heterocycles. The smallest absolute Gasteiger partial charge is 0.407 e. The van der Waals surface area contributed by atoms with Crippen molar-refractivity contribution in [2.75, 3.05) is 32.7 Å². The lowest BCUT2D eigenvalue weighted by Gasteiger charge is -2.23. The molecule has 3 amide bonds. The topological polar surface area (TPSA) is 79.0 Å². The van der Waals surface area contributed by atoms with E-state index in [4.69, 9.17) is 4.74 Å². The van der Waals surface area contributed by atoms with E-state index in [1.54, 1.807) is 25.7 Å². The number of ether oxygens (including phenoxy) is 1. The monoisotopic (exact) mass is 417 g/mol. The molecule has 0 radical (unpaired) electrons. The summed E-state index contributed by atoms with van der Waals surface area (Å²) in [5, 5.41) is 2.62. The quantitative estimate of drug-likeness (QED) is 0.772. The van der Waals surface area contributed by atoms with Crippen molar-refractivity contribution in [1.29, 1.82) is 0 Å². The Hall–Kier alpha value is -2.57. The lowest BCUT2D eigenvalue weighted by molar-refractivity contribution is -0.133. The Bertz CT molecular complexity index is 742. The molecule has 30 heavy (non-hydrogen) atoms. The van der Waals surface area contributed by atoms with Crippen LogP contribution in [-0.4, -0.2) is 66.0 Å². The fourth-order valence-corrected chi connectivity index (χ4v) is 3.45. The van der Waals surface area contributed by atoms with E-state index in [0.717, 1.165) is 12.8 Å². The first kappa shape index (κ1) is 23.7. The third-order valence-electron chi connectivity index (χ3n) is 5.08. The summed E-state index contributed by atoms with van der Waals surface area (Å²) in [5.74, 6) is 0.124. The second-order valence-electron chi connectivity index (χ2n) is 8.72. The summed E-state index contributed by atoms with van der Waals surface area (Å²) >= 11 is 0. The SMILES string of the molecule is Cc1ccccc1CCC(=O)N1CCCN(C(=O)CCNC(=O)OC(C)(C)C)CC1. The lowest BCUT2D eigenvalue weighted by Crippen LogP contribution is -2.39. The summed E-state index contributed by atoms with van der Waals surface area (Å²) in [6.07, 6.45) is 1.69. The zero-order chi connectivity index (χ0) is 22.1. The molecule has 0 atom stereocenters. The normalized spacial score (nSPS) is 14.8. The predicted octanol–water partition coefficient (Wildman–Crippen LogP) is 2.90. The molecule has 0 aliphatic carbocycles. The minimum Gasteiger partial charge on any atom is -0.444 e. The van der Waals surface area contributed by atoms with Gasteiger partial charge in [-0.15, -0.1) is 0 Å². The highest BCUT2D eigenvalue weighted by molar-refractivity contribution is 5.78. The van der Waals surface area contributed by atoms with Crippen LogP contribution in [0.4, 0.5) is 4.79 Å². The molecule has 0 spiro atoms. The van der Waals surface area contributed by atoms with E-state index in [1.165, 1.54) is 11.1 Å². The van der Waals surface area contributed by atoms with Crippen LogP contribution in [0.25, 0.3) is 0 Å². The van der Waals surface area contributed by atoms with Crippen LogP contribution in [-0.2, 0) is 20.7 Å². The van der Waals surface area contributed by atoms with Gasteiger partial charge in [0.05, 0.1) is 0 Å². The first-order valence-corrected chi connectivity index (χ1v) is 10.7. The summed E-state index contributed by atoms with van der Waals surface area (Å²) < 4.78 is 5.17. The Morgan fingerprint density at radius 2 is 1.57 bits per heavy atom. The zero-order valence-electron chi connectivity index (χ0n) is 18.7. The number of benzene rings is 1. The molecular weight excluding hydrogens is 382 g/mol. The number of hydrogen-bond acceptors (Lipinski definition) is 4. The van der Waals surface area contributed by atoms with E-state index in [0.29, 0.717) is 32.6 Å². The van der Waals surface area contributed by atoms with Crippen molar-refractivity contribution in [1.82, 2.24) is 15.1 Å². The molecular formula is C23H35N3O4. The Labute approximate surface area is 179 Å². The van der Waals surface area contributed by atoms with Crippen LogP contribution in [0.1, 0.15) is 51.2 Å². The van der Waals surface area contributed by atoms with Gasteiger partial charge in [-0.3, -0.25) is 9.59 Å². The van der Waals surface area contributed by atoms with E-state index in [2.05, 4.69) is 24.4 Å². The van der Waals surface area contributed by atoms with Crippen LogP contribution in [0.3, 0.4) is 0 Å². The molecule has 1 aromatic rings. The maximum Gasteiger partial charge on any atom is 0.407 e. The number of alkyl carbamates (subject to hydrolysis) is 1. The van der Waals surface area contributed by atoms with Gasteiger partial charge in [0.15, 0.2) is 0 Å². The Kier molecular flexibility index (Phi) is 8.69. The van der Waals surface area contributed by atoms with E-state index < -0.39 is 11.7 Å². The number of nitrogens with one attached hydrogen (secondary N) is 1. The van der Waals surface area contributed by atoms with E-state index >= 15 is 0 Å². The summed E-state index contributed by atoms with van der Waals surface area (Å²) in [5.41, 5.74) is 1.85. The summed E-state index contributed by atoms with van der Waals surface area (Å²) in [4.78, 5) is 40.4. The van der Waals surface area contributed by atoms with Crippen molar-refractivity contribution in [2.24, 2.45) is 0 Å². The largest absolute Gasteiger partial charge is 0.444 e. The fraction of sp³-hybridized carbons (Fsp3) is 0.609. The molecule has 166 valence electrons. The highest BCUT2D eigenvalue weighted by Gasteiger charge is 2.22. The molecule has 0 unspecified atom stereocenters. The molecule has 7 heteroatoms. The van der Waals surface area contributed by atoms with Crippen LogP contribution in [0.2, 0.25) is 0 Å². The third kappa shape index (κ3) is 8.05. The molecule has 0 bridgehead atoms. The maximum atomic E-state index is 12.6. The van der Waals surface area contributed by atoms with Crippen LogP contribution in [0, 0.1) is 6.92 Å². The first-order valence-electron chi connectivity index (χ1n) is 10.7. The molecule has 1 aromatic carbocycles. The number of rotatable bonds is 6. The van der Waals surface area contributed by atoms with Gasteiger partial charge in [0.25, 0.3) is 0 Å². The Morgan fingerprint density at radius 1 is 0.967 bits per heavy atom. The minimum atomic E-state index is -0.561. The molecule has 1 heterocycles. The number of hydrogen-bond donors (Lipinski definition) is 1. The lowest BCUT2D eigenvalue weighted by atomic mass is 10.0. The fourth-order valence-electron chi connectivity index (χ4n) is 3.45. The average Bonchev–Trinajstić information content (AvgIpc) is 2.92. The summed E-state index contributed by atoms with van der Waals surface area (Å²) in [6.45, 7) is 10.1. The molecule has 1 aliphatic rings. The van der Waals surface area contributed by atoms with Gasteiger partial charge in [-0.1, -0.05) is 24.3 Å². The highest BCUT2D eigenvalue weighted by Crippen LogP contribution is 2.12. The van der Waals surface area contributed by atoms with Gasteiger partial charge in [0.2, 0.25) is 11.8 Å². The van der Waals surface area contributed by atoms with Crippen LogP contribution >= 0.6 is 0 Å². The van der Waals surface area contributed by atoms with Crippen molar-refractivity contribution >= 4 is 17.9 Å². The van der Waals surface area contributed by atoms with Crippen LogP contribution < -0.4 is 5.32 Å². The number of aryl methyl sites for hydroxylation is 2. The van der Waals surface area contributed by atoms with Gasteiger partial charge in [-0.05, 0) is 51.7 Å². The second kappa shape index (κ2) is 11.0. The Morgan fingerprint density at radius 3 is 2.17 bits per heavy atom. The predicted molar refractivity (Wildman–Crippen MR) is 116 cm³/mol. The van der Waals surface area contributed by atoms with Crippen LogP contribution in [0.15, 0.2) is 24.3 Å². The standard InChI is InChI=1S/C23H35N3O4/c1-18-8-5-6-9-19(18)10-11-20(27)25-14-7-15-26(17-16-25)21(28)12-13-24-22(29)30-23(2,3)4/h5-6,8-9H,7,10-17H2,1-4H3,(H,24,29). The Balaban J connectivity index is 1.73. The van der Waals surface area contributed by atoms with Crippen molar-refractivity contribution in [3.05, 3.63) is 35.4 Å². The first-order chi connectivity index (χ1) is 14.2. The van der Waals surface area contributed by atoms with E-state index in [9.17, 15) is 14.4 Å². The van der Waals surface area contributed by atoms with Crippen molar-refractivity contribution in [2.45, 2.75) is 59.0 Å². The number of amides is 3. The minimum absolute atomic E-state index is 0.0136. The highest BCUT2D eigenvalue weighted by atomic mass is 16.6. The van der Waals surface area contributed by atoms with Gasteiger partial charge in [-0.2, -0.15) is 0 Å². The molecule has 7 nitrogen and oxygen atoms in total. The number of carbonyl (C=O) groups excluding carboxylic acids is 3. The molecule has 1 saturated heterocycles. The third-order valence-corrected chi connectivity index (χ3v) is 5.08. The van der Waals surface area contributed by atoms with Crippen molar-refractivity contribution in [3.63, 3.8) is 0 Å². The summed E-state index contributed by atoms with van der Waals surface area (Å²) in [7, 11) is 0. The molecule has 1 aliphatic heterocycles. The number of carbonyl (C=O) groups is 3. The average molecular weight is 418 g/mol. The maximum absolute atomic E-state index is 12.6. The van der Waals surface area contributed by atoms with E-state index in [1.807, 2.05) is 17.0 Å². The van der Waals surface area contributed by atoms with Gasteiger partial charge >= 0.3 is 6.09 Å². The van der Waals surface area contributed by atoms with Crippen molar-refractivity contribution < 1.29 is 19.1 Å².